The Morgan fingerprint density at radius 1 is 1.41 bits per heavy atom. The molecule has 0 unspecified atom stereocenters. The molecule has 0 aromatic carbocycles. The third kappa shape index (κ3) is 1.93. The van der Waals surface area contributed by atoms with Gasteiger partial charge in [0.1, 0.15) is 5.65 Å². The summed E-state index contributed by atoms with van der Waals surface area (Å²) in [7, 11) is 0. The maximum absolute atomic E-state index is 12.1. The molecule has 6 heteroatoms. The summed E-state index contributed by atoms with van der Waals surface area (Å²) < 4.78 is 2.12. The number of aromatic nitrogens is 3. The van der Waals surface area contributed by atoms with Gasteiger partial charge in [0.25, 0.3) is 5.56 Å². The van der Waals surface area contributed by atoms with Gasteiger partial charge in [-0.05, 0) is 42.8 Å². The number of hydrogen-bond donors (Lipinski definition) is 1. The molecule has 0 aliphatic rings. The van der Waals surface area contributed by atoms with Crippen LogP contribution in [-0.2, 0) is 0 Å². The number of aryl methyl sites for hydroxylation is 1. The standard InChI is InChI=1S/C11H13BrN4O/c1-5(2)16-9-7(4-8(12)10(16)17)6(3)14-11(13)15-9/h4-5H,1-3H3,(H2,13,14,15). The highest BCUT2D eigenvalue weighted by molar-refractivity contribution is 9.10. The lowest BCUT2D eigenvalue weighted by atomic mass is 10.2. The molecule has 2 heterocycles. The highest BCUT2D eigenvalue weighted by Gasteiger charge is 2.14. The first-order valence-electron chi connectivity index (χ1n) is 5.26. The van der Waals surface area contributed by atoms with Crippen molar-refractivity contribution in [2.24, 2.45) is 0 Å². The van der Waals surface area contributed by atoms with Crippen molar-refractivity contribution in [2.75, 3.05) is 5.73 Å². The van der Waals surface area contributed by atoms with E-state index in [9.17, 15) is 4.79 Å². The average molecular weight is 297 g/mol. The zero-order chi connectivity index (χ0) is 12.7. The first kappa shape index (κ1) is 12.0. The first-order valence-corrected chi connectivity index (χ1v) is 6.06. The lowest BCUT2D eigenvalue weighted by molar-refractivity contribution is 0.593. The van der Waals surface area contributed by atoms with Crippen LogP contribution in [0.25, 0.3) is 11.0 Å². The average Bonchev–Trinajstić information content (AvgIpc) is 2.20. The number of hydrogen-bond acceptors (Lipinski definition) is 4. The summed E-state index contributed by atoms with van der Waals surface area (Å²) in [6, 6.07) is 1.75. The predicted molar refractivity (Wildman–Crippen MR) is 71.0 cm³/mol. The number of fused-ring (bicyclic) bond motifs is 1. The smallest absolute Gasteiger partial charge is 0.266 e. The van der Waals surface area contributed by atoms with E-state index in [4.69, 9.17) is 5.73 Å². The summed E-state index contributed by atoms with van der Waals surface area (Å²) in [6.07, 6.45) is 0. The Kier molecular flexibility index (Phi) is 2.91. The van der Waals surface area contributed by atoms with Crippen LogP contribution < -0.4 is 11.3 Å². The summed E-state index contributed by atoms with van der Waals surface area (Å²) in [5.41, 5.74) is 6.87. The van der Waals surface area contributed by atoms with E-state index in [0.717, 1.165) is 11.1 Å². The second kappa shape index (κ2) is 4.10. The first-order chi connectivity index (χ1) is 7.91. The number of nitrogens with zero attached hydrogens (tertiary/aromatic N) is 3. The van der Waals surface area contributed by atoms with Crippen molar-refractivity contribution >= 4 is 32.9 Å². The molecule has 2 aromatic heterocycles. The van der Waals surface area contributed by atoms with Gasteiger partial charge in [-0.3, -0.25) is 9.36 Å². The van der Waals surface area contributed by atoms with E-state index in [1.54, 1.807) is 10.6 Å². The molecule has 2 rings (SSSR count). The number of anilines is 1. The van der Waals surface area contributed by atoms with E-state index in [2.05, 4.69) is 25.9 Å². The Bertz CT molecular complexity index is 648. The zero-order valence-electron chi connectivity index (χ0n) is 9.86. The van der Waals surface area contributed by atoms with Crippen LogP contribution in [0.15, 0.2) is 15.3 Å². The van der Waals surface area contributed by atoms with Gasteiger partial charge in [-0.25, -0.2) is 4.98 Å². The molecule has 17 heavy (non-hydrogen) atoms. The quantitative estimate of drug-likeness (QED) is 0.874. The largest absolute Gasteiger partial charge is 0.368 e. The van der Waals surface area contributed by atoms with Crippen molar-refractivity contribution in [1.29, 1.82) is 0 Å². The van der Waals surface area contributed by atoms with Gasteiger partial charge >= 0.3 is 0 Å². The van der Waals surface area contributed by atoms with E-state index < -0.39 is 0 Å². The fourth-order valence-electron chi connectivity index (χ4n) is 1.82. The Balaban J connectivity index is 3.03. The van der Waals surface area contributed by atoms with Gasteiger partial charge < -0.3 is 5.73 Å². The summed E-state index contributed by atoms with van der Waals surface area (Å²) in [4.78, 5) is 20.3. The van der Waals surface area contributed by atoms with Crippen LogP contribution in [0.3, 0.4) is 0 Å². The van der Waals surface area contributed by atoms with Crippen molar-refractivity contribution in [3.63, 3.8) is 0 Å². The summed E-state index contributed by atoms with van der Waals surface area (Å²) in [6.45, 7) is 5.71. The molecule has 0 saturated carbocycles. The van der Waals surface area contributed by atoms with E-state index in [1.165, 1.54) is 0 Å². The molecule has 0 aliphatic heterocycles. The highest BCUT2D eigenvalue weighted by Crippen LogP contribution is 2.20. The van der Waals surface area contributed by atoms with Crippen molar-refractivity contribution in [1.82, 2.24) is 14.5 Å². The van der Waals surface area contributed by atoms with Crippen molar-refractivity contribution < 1.29 is 0 Å². The molecule has 0 radical (unpaired) electrons. The second-order valence-corrected chi connectivity index (χ2v) is 5.02. The van der Waals surface area contributed by atoms with Crippen molar-refractivity contribution in [3.05, 3.63) is 26.6 Å². The number of halogens is 1. The summed E-state index contributed by atoms with van der Waals surface area (Å²) in [5.74, 6) is 0.186. The molecule has 0 atom stereocenters. The molecule has 0 fully saturated rings. The van der Waals surface area contributed by atoms with E-state index in [1.807, 2.05) is 20.8 Å². The topological polar surface area (TPSA) is 73.8 Å². The molecule has 0 spiro atoms. The molecule has 0 aliphatic carbocycles. The van der Waals surface area contributed by atoms with Crippen molar-refractivity contribution in [3.8, 4) is 0 Å². The lowest BCUT2D eigenvalue weighted by Gasteiger charge is -2.14. The fourth-order valence-corrected chi connectivity index (χ4v) is 2.24. The van der Waals surface area contributed by atoms with Crippen LogP contribution in [0, 0.1) is 6.92 Å². The monoisotopic (exact) mass is 296 g/mol. The number of rotatable bonds is 1. The van der Waals surface area contributed by atoms with Crippen LogP contribution in [0.1, 0.15) is 25.6 Å². The van der Waals surface area contributed by atoms with Crippen LogP contribution in [0.5, 0.6) is 0 Å². The number of pyridine rings is 1. The van der Waals surface area contributed by atoms with Crippen molar-refractivity contribution in [2.45, 2.75) is 26.8 Å². The maximum Gasteiger partial charge on any atom is 0.266 e. The molecule has 5 nitrogen and oxygen atoms in total. The van der Waals surface area contributed by atoms with Gasteiger partial charge in [0.05, 0.1) is 10.2 Å². The molecule has 0 saturated heterocycles. The van der Waals surface area contributed by atoms with E-state index in [0.29, 0.717) is 10.1 Å². The molecule has 90 valence electrons. The molecular formula is C11H13BrN4O. The molecule has 2 aromatic rings. The van der Waals surface area contributed by atoms with Crippen LogP contribution >= 0.6 is 15.9 Å². The molecule has 0 amide bonds. The number of nitrogens with two attached hydrogens (primary N) is 1. The van der Waals surface area contributed by atoms with Gasteiger partial charge in [0.2, 0.25) is 5.95 Å². The lowest BCUT2D eigenvalue weighted by Crippen LogP contribution is -2.24. The Labute approximate surface area is 107 Å². The highest BCUT2D eigenvalue weighted by atomic mass is 79.9. The fraction of sp³-hybridized carbons (Fsp3) is 0.364. The van der Waals surface area contributed by atoms with Crippen LogP contribution in [0.4, 0.5) is 5.95 Å². The number of nitrogen functional groups attached to an aromatic ring is 1. The minimum absolute atomic E-state index is 0.0104. The Hall–Kier alpha value is -1.43. The van der Waals surface area contributed by atoms with Gasteiger partial charge in [0.15, 0.2) is 0 Å². The molecule has 0 bridgehead atoms. The Morgan fingerprint density at radius 2 is 2.06 bits per heavy atom. The SMILES string of the molecule is Cc1nc(N)nc2c1cc(Br)c(=O)n2C(C)C. The van der Waals surface area contributed by atoms with Gasteiger partial charge in [-0.15, -0.1) is 0 Å². The Morgan fingerprint density at radius 3 is 2.65 bits per heavy atom. The van der Waals surface area contributed by atoms with Gasteiger partial charge in [-0.2, -0.15) is 4.98 Å². The minimum Gasteiger partial charge on any atom is -0.368 e. The summed E-state index contributed by atoms with van der Waals surface area (Å²) >= 11 is 3.27. The van der Waals surface area contributed by atoms with E-state index in [-0.39, 0.29) is 17.5 Å². The van der Waals surface area contributed by atoms with Gasteiger partial charge in [0, 0.05) is 11.4 Å². The third-order valence-corrected chi connectivity index (χ3v) is 3.14. The van der Waals surface area contributed by atoms with E-state index >= 15 is 0 Å². The molecule has 2 N–H and O–H groups in total. The third-order valence-electron chi connectivity index (χ3n) is 2.57. The minimum atomic E-state index is -0.106. The predicted octanol–water partition coefficient (Wildman–Crippen LogP) is 2.03. The normalized spacial score (nSPS) is 11.4. The molecular weight excluding hydrogens is 284 g/mol. The summed E-state index contributed by atoms with van der Waals surface area (Å²) in [5, 5.41) is 0.833. The van der Waals surface area contributed by atoms with Gasteiger partial charge in [-0.1, -0.05) is 0 Å². The second-order valence-electron chi connectivity index (χ2n) is 4.17. The zero-order valence-corrected chi connectivity index (χ0v) is 11.4. The van der Waals surface area contributed by atoms with Crippen LogP contribution in [0.2, 0.25) is 0 Å². The van der Waals surface area contributed by atoms with Crippen LogP contribution in [-0.4, -0.2) is 14.5 Å². The maximum atomic E-state index is 12.1.